The maximum Gasteiger partial charge on any atom is 0.243 e. The molecule has 1 atom stereocenters. The van der Waals surface area contributed by atoms with Crippen LogP contribution in [0.15, 0.2) is 52.7 Å². The molecule has 2 aromatic rings. The van der Waals surface area contributed by atoms with Crippen molar-refractivity contribution in [3.05, 3.63) is 52.7 Å². The fourth-order valence-corrected chi connectivity index (χ4v) is 6.74. The highest BCUT2D eigenvalue weighted by Crippen LogP contribution is 2.28. The van der Waals surface area contributed by atoms with E-state index in [4.69, 9.17) is 0 Å². The average molecular weight is 448 g/mol. The van der Waals surface area contributed by atoms with E-state index in [-0.39, 0.29) is 17.9 Å². The lowest BCUT2D eigenvalue weighted by atomic mass is 9.97. The second-order valence-corrected chi connectivity index (χ2v) is 10.9. The minimum atomic E-state index is -3.48. The molecule has 1 N–H and O–H groups in total. The number of likely N-dealkylation sites (tertiary alicyclic amines) is 1. The zero-order chi connectivity index (χ0) is 21.0. The SMILES string of the molecule is O=C(NCC(c1cccs1)N1CCCC1)C1CCN(S(=O)(=O)c2ccccc2)CC1. The lowest BCUT2D eigenvalue weighted by molar-refractivity contribution is -0.126. The van der Waals surface area contributed by atoms with E-state index in [2.05, 4.69) is 27.7 Å². The first kappa shape index (κ1) is 21.5. The van der Waals surface area contributed by atoms with Crippen molar-refractivity contribution in [3.8, 4) is 0 Å². The standard InChI is InChI=1S/C22H29N3O3S2/c26-22(23-17-20(21-9-6-16-29-21)24-12-4-5-13-24)18-10-14-25(15-11-18)30(27,28)19-7-2-1-3-8-19/h1-3,6-9,16,18,20H,4-5,10-15,17H2,(H,23,26). The van der Waals surface area contributed by atoms with Crippen LogP contribution in [-0.2, 0) is 14.8 Å². The molecule has 0 aliphatic carbocycles. The van der Waals surface area contributed by atoms with E-state index in [0.717, 1.165) is 13.1 Å². The van der Waals surface area contributed by atoms with Crippen LogP contribution < -0.4 is 5.32 Å². The molecule has 0 bridgehead atoms. The van der Waals surface area contributed by atoms with Crippen LogP contribution in [0.5, 0.6) is 0 Å². The largest absolute Gasteiger partial charge is 0.354 e. The Kier molecular flexibility index (Phi) is 6.87. The van der Waals surface area contributed by atoms with E-state index in [9.17, 15) is 13.2 Å². The quantitative estimate of drug-likeness (QED) is 0.708. The number of rotatable bonds is 7. The number of hydrogen-bond donors (Lipinski definition) is 1. The van der Waals surface area contributed by atoms with Crippen LogP contribution in [0.3, 0.4) is 0 Å². The number of sulfonamides is 1. The summed E-state index contributed by atoms with van der Waals surface area (Å²) in [5.74, 6) is -0.0812. The third-order valence-electron chi connectivity index (χ3n) is 6.13. The minimum Gasteiger partial charge on any atom is -0.354 e. The maximum absolute atomic E-state index is 12.8. The molecular formula is C22H29N3O3S2. The summed E-state index contributed by atoms with van der Waals surface area (Å²) in [4.78, 5) is 16.9. The van der Waals surface area contributed by atoms with Gasteiger partial charge in [0.2, 0.25) is 15.9 Å². The Balaban J connectivity index is 1.32. The number of carbonyl (C=O) groups is 1. The Bertz CT molecular complexity index is 918. The van der Waals surface area contributed by atoms with Crippen LogP contribution >= 0.6 is 11.3 Å². The summed E-state index contributed by atoms with van der Waals surface area (Å²) in [6, 6.07) is 13.0. The lowest BCUT2D eigenvalue weighted by Gasteiger charge is -2.31. The molecule has 8 heteroatoms. The lowest BCUT2D eigenvalue weighted by Crippen LogP contribution is -2.44. The van der Waals surface area contributed by atoms with E-state index in [1.165, 1.54) is 22.0 Å². The summed E-state index contributed by atoms with van der Waals surface area (Å²) in [5.41, 5.74) is 0. The predicted molar refractivity (Wildman–Crippen MR) is 119 cm³/mol. The summed E-state index contributed by atoms with van der Waals surface area (Å²) in [5, 5.41) is 5.25. The molecule has 2 aliphatic heterocycles. The number of piperidine rings is 1. The van der Waals surface area contributed by atoms with Gasteiger partial charge in [-0.2, -0.15) is 4.31 Å². The molecule has 2 aliphatic rings. The molecule has 2 fully saturated rings. The van der Waals surface area contributed by atoms with Gasteiger partial charge in [-0.15, -0.1) is 11.3 Å². The van der Waals surface area contributed by atoms with Gasteiger partial charge in [-0.25, -0.2) is 8.42 Å². The number of amides is 1. The molecule has 3 heterocycles. The fourth-order valence-electron chi connectivity index (χ4n) is 4.39. The third-order valence-corrected chi connectivity index (χ3v) is 9.01. The van der Waals surface area contributed by atoms with Gasteiger partial charge in [0.15, 0.2) is 0 Å². The first-order valence-corrected chi connectivity index (χ1v) is 13.0. The van der Waals surface area contributed by atoms with Gasteiger partial charge < -0.3 is 5.32 Å². The second kappa shape index (κ2) is 9.60. The Morgan fingerprint density at radius 2 is 1.73 bits per heavy atom. The summed E-state index contributed by atoms with van der Waals surface area (Å²) in [6.45, 7) is 3.54. The monoisotopic (exact) mass is 447 g/mol. The van der Waals surface area contributed by atoms with Crippen LogP contribution in [0, 0.1) is 5.92 Å². The Morgan fingerprint density at radius 3 is 2.37 bits per heavy atom. The zero-order valence-corrected chi connectivity index (χ0v) is 18.7. The van der Waals surface area contributed by atoms with Gasteiger partial charge in [0.1, 0.15) is 0 Å². The number of nitrogens with one attached hydrogen (secondary N) is 1. The van der Waals surface area contributed by atoms with Crippen LogP contribution in [0.4, 0.5) is 0 Å². The molecule has 1 aromatic heterocycles. The summed E-state index contributed by atoms with van der Waals surface area (Å²) >= 11 is 1.74. The Hall–Kier alpha value is -1.74. The highest BCUT2D eigenvalue weighted by Gasteiger charge is 2.32. The van der Waals surface area contributed by atoms with Gasteiger partial charge in [0, 0.05) is 30.4 Å². The van der Waals surface area contributed by atoms with Gasteiger partial charge in [-0.1, -0.05) is 24.3 Å². The van der Waals surface area contributed by atoms with Gasteiger partial charge in [0.25, 0.3) is 0 Å². The van der Waals surface area contributed by atoms with Crippen LogP contribution in [0.2, 0.25) is 0 Å². The molecule has 0 spiro atoms. The molecule has 162 valence electrons. The topological polar surface area (TPSA) is 69.7 Å². The second-order valence-electron chi connectivity index (χ2n) is 8.01. The molecule has 2 saturated heterocycles. The molecule has 1 unspecified atom stereocenters. The Labute approximate surface area is 182 Å². The predicted octanol–water partition coefficient (Wildman–Crippen LogP) is 3.10. The summed E-state index contributed by atoms with van der Waals surface area (Å²) in [7, 11) is -3.48. The number of hydrogen-bond acceptors (Lipinski definition) is 5. The average Bonchev–Trinajstić information content (AvgIpc) is 3.50. The number of benzene rings is 1. The number of nitrogens with zero attached hydrogens (tertiary/aromatic N) is 2. The van der Waals surface area contributed by atoms with Gasteiger partial charge in [0.05, 0.1) is 10.9 Å². The highest BCUT2D eigenvalue weighted by molar-refractivity contribution is 7.89. The normalized spacial score (nSPS) is 20.3. The molecule has 0 saturated carbocycles. The van der Waals surface area contributed by atoms with Gasteiger partial charge in [-0.05, 0) is 62.4 Å². The first-order chi connectivity index (χ1) is 14.6. The smallest absolute Gasteiger partial charge is 0.243 e. The Morgan fingerprint density at radius 1 is 1.03 bits per heavy atom. The van der Waals surface area contributed by atoms with Crippen molar-refractivity contribution >= 4 is 27.3 Å². The first-order valence-electron chi connectivity index (χ1n) is 10.7. The molecule has 0 radical (unpaired) electrons. The molecule has 30 heavy (non-hydrogen) atoms. The van der Waals surface area contributed by atoms with E-state index >= 15 is 0 Å². The van der Waals surface area contributed by atoms with E-state index < -0.39 is 10.0 Å². The van der Waals surface area contributed by atoms with Gasteiger partial charge in [-0.3, -0.25) is 9.69 Å². The zero-order valence-electron chi connectivity index (χ0n) is 17.1. The summed E-state index contributed by atoms with van der Waals surface area (Å²) in [6.07, 6.45) is 3.55. The fraction of sp³-hybridized carbons (Fsp3) is 0.500. The third kappa shape index (κ3) is 4.77. The van der Waals surface area contributed by atoms with Crippen molar-refractivity contribution in [2.45, 2.75) is 36.6 Å². The van der Waals surface area contributed by atoms with Crippen LogP contribution in [0.25, 0.3) is 0 Å². The summed E-state index contributed by atoms with van der Waals surface area (Å²) < 4.78 is 27.1. The molecule has 1 amide bonds. The van der Waals surface area contributed by atoms with E-state index in [1.54, 1.807) is 41.7 Å². The van der Waals surface area contributed by atoms with Crippen LogP contribution in [-0.4, -0.2) is 56.3 Å². The number of thiophene rings is 1. The van der Waals surface area contributed by atoms with Crippen molar-refractivity contribution in [3.63, 3.8) is 0 Å². The molecule has 1 aromatic carbocycles. The van der Waals surface area contributed by atoms with Crippen molar-refractivity contribution in [2.75, 3.05) is 32.7 Å². The minimum absolute atomic E-state index is 0.0486. The van der Waals surface area contributed by atoms with E-state index in [0.29, 0.717) is 37.4 Å². The molecule has 6 nitrogen and oxygen atoms in total. The molecule has 4 rings (SSSR count). The van der Waals surface area contributed by atoms with Gasteiger partial charge >= 0.3 is 0 Å². The van der Waals surface area contributed by atoms with Crippen molar-refractivity contribution < 1.29 is 13.2 Å². The van der Waals surface area contributed by atoms with E-state index in [1.807, 2.05) is 0 Å². The van der Waals surface area contributed by atoms with Crippen molar-refractivity contribution in [2.24, 2.45) is 5.92 Å². The van der Waals surface area contributed by atoms with Crippen molar-refractivity contribution in [1.29, 1.82) is 0 Å². The maximum atomic E-state index is 12.8. The molecular weight excluding hydrogens is 418 g/mol. The van der Waals surface area contributed by atoms with Crippen LogP contribution in [0.1, 0.15) is 36.6 Å². The highest BCUT2D eigenvalue weighted by atomic mass is 32.2. The van der Waals surface area contributed by atoms with Crippen molar-refractivity contribution in [1.82, 2.24) is 14.5 Å². The number of carbonyl (C=O) groups excluding carboxylic acids is 1.